The molecule has 0 radical (unpaired) electrons. The van der Waals surface area contributed by atoms with Crippen molar-refractivity contribution in [2.45, 2.75) is 6.61 Å². The number of aromatic amines is 1. The summed E-state index contributed by atoms with van der Waals surface area (Å²) in [6.07, 6.45) is 1.27. The van der Waals surface area contributed by atoms with E-state index in [1.807, 2.05) is 0 Å². The third-order valence-corrected chi connectivity index (χ3v) is 2.43. The van der Waals surface area contributed by atoms with Crippen molar-refractivity contribution in [3.8, 4) is 0 Å². The minimum atomic E-state index is -0.263. The van der Waals surface area contributed by atoms with Crippen molar-refractivity contribution in [1.82, 2.24) is 4.98 Å². The number of hydrogen-bond acceptors (Lipinski definition) is 4. The zero-order valence-corrected chi connectivity index (χ0v) is 8.74. The van der Waals surface area contributed by atoms with Gasteiger partial charge >= 0.3 is 0 Å². The number of aliphatic hydroxyl groups is 1. The molecule has 0 unspecified atom stereocenters. The van der Waals surface area contributed by atoms with E-state index in [0.29, 0.717) is 16.8 Å². The summed E-state index contributed by atoms with van der Waals surface area (Å²) in [7, 11) is 1.46. The molecular formula is C11H11NO4. The van der Waals surface area contributed by atoms with E-state index in [9.17, 15) is 9.59 Å². The fraction of sp³-hybridized carbons (Fsp3) is 0.273. The second-order valence-electron chi connectivity index (χ2n) is 3.54. The van der Waals surface area contributed by atoms with Crippen molar-refractivity contribution in [1.29, 1.82) is 0 Å². The highest BCUT2D eigenvalue weighted by Crippen LogP contribution is 2.22. The van der Waals surface area contributed by atoms with Crippen molar-refractivity contribution in [3.63, 3.8) is 0 Å². The maximum absolute atomic E-state index is 11.9. The Bertz CT molecular complexity index is 484. The number of H-pyrrole nitrogens is 1. The topological polar surface area (TPSA) is 79.4 Å². The molecule has 5 nitrogen and oxygen atoms in total. The molecule has 5 heteroatoms. The van der Waals surface area contributed by atoms with Gasteiger partial charge in [0.1, 0.15) is 0 Å². The summed E-state index contributed by atoms with van der Waals surface area (Å²) in [5, 5.41) is 8.93. The number of Topliss-reactive ketones (excluding diaryl/α,β-unsaturated/α-hetero) is 1. The standard InChI is InChI=1S/C11H11NO4/c1-16-5-6-2-9(14)10-8(11(6)15)3-7(4-13)12-10/h2-3,12-13H,4-5H2,1H3. The molecule has 0 aliphatic heterocycles. The second kappa shape index (κ2) is 4.03. The highest BCUT2D eigenvalue weighted by molar-refractivity contribution is 6.24. The lowest BCUT2D eigenvalue weighted by Gasteiger charge is -2.10. The first-order chi connectivity index (χ1) is 7.67. The van der Waals surface area contributed by atoms with Crippen molar-refractivity contribution in [3.05, 3.63) is 34.7 Å². The van der Waals surface area contributed by atoms with Gasteiger partial charge in [0, 0.05) is 18.4 Å². The highest BCUT2D eigenvalue weighted by Gasteiger charge is 2.27. The maximum atomic E-state index is 11.9. The number of allylic oxidation sites excluding steroid dienone is 1. The average Bonchev–Trinajstić information content (AvgIpc) is 2.70. The van der Waals surface area contributed by atoms with E-state index in [2.05, 4.69) is 4.98 Å². The largest absolute Gasteiger partial charge is 0.390 e. The minimum Gasteiger partial charge on any atom is -0.390 e. The van der Waals surface area contributed by atoms with Gasteiger partial charge in [-0.1, -0.05) is 0 Å². The average molecular weight is 221 g/mol. The Hall–Kier alpha value is -1.72. The van der Waals surface area contributed by atoms with Crippen LogP contribution >= 0.6 is 0 Å². The normalized spacial score (nSPS) is 15.0. The number of nitrogens with one attached hydrogen (secondary N) is 1. The van der Waals surface area contributed by atoms with Crippen LogP contribution < -0.4 is 0 Å². The molecule has 0 aromatic carbocycles. The molecule has 0 atom stereocenters. The number of aromatic nitrogens is 1. The van der Waals surface area contributed by atoms with E-state index in [1.165, 1.54) is 19.3 Å². The molecule has 1 aliphatic rings. The summed E-state index contributed by atoms with van der Waals surface area (Å²) in [5.41, 5.74) is 1.35. The summed E-state index contributed by atoms with van der Waals surface area (Å²) in [5.74, 6) is -0.492. The lowest BCUT2D eigenvalue weighted by atomic mass is 9.95. The van der Waals surface area contributed by atoms with Crippen molar-refractivity contribution < 1.29 is 19.4 Å². The van der Waals surface area contributed by atoms with Gasteiger partial charge in [-0.25, -0.2) is 0 Å². The van der Waals surface area contributed by atoms with E-state index in [-0.39, 0.29) is 30.5 Å². The maximum Gasteiger partial charge on any atom is 0.203 e. The number of carbonyl (C=O) groups excluding carboxylic acids is 2. The van der Waals surface area contributed by atoms with Gasteiger partial charge in [0.25, 0.3) is 0 Å². The van der Waals surface area contributed by atoms with Crippen LogP contribution in [0.5, 0.6) is 0 Å². The quantitative estimate of drug-likeness (QED) is 0.777. The molecule has 0 saturated carbocycles. The van der Waals surface area contributed by atoms with Crippen LogP contribution in [0.15, 0.2) is 17.7 Å². The Balaban J connectivity index is 2.44. The molecule has 0 fully saturated rings. The van der Waals surface area contributed by atoms with E-state index >= 15 is 0 Å². The SMILES string of the molecule is COCC1=CC(=O)c2[nH]c(CO)cc2C1=O. The van der Waals surface area contributed by atoms with Gasteiger partial charge in [0.2, 0.25) is 5.78 Å². The summed E-state index contributed by atoms with van der Waals surface area (Å²) in [6, 6.07) is 1.50. The minimum absolute atomic E-state index is 0.115. The molecule has 2 N–H and O–H groups in total. The molecule has 1 aromatic heterocycles. The smallest absolute Gasteiger partial charge is 0.203 e. The zero-order valence-electron chi connectivity index (χ0n) is 8.74. The molecule has 1 aliphatic carbocycles. The van der Waals surface area contributed by atoms with Crippen LogP contribution in [-0.4, -0.2) is 35.4 Å². The Morgan fingerprint density at radius 1 is 1.44 bits per heavy atom. The van der Waals surface area contributed by atoms with E-state index in [1.54, 1.807) is 0 Å². The number of aliphatic hydroxyl groups excluding tert-OH is 1. The fourth-order valence-corrected chi connectivity index (χ4v) is 1.70. The van der Waals surface area contributed by atoms with Gasteiger partial charge in [-0.05, 0) is 12.1 Å². The monoisotopic (exact) mass is 221 g/mol. The molecule has 16 heavy (non-hydrogen) atoms. The number of rotatable bonds is 3. The molecule has 1 aromatic rings. The molecule has 0 spiro atoms. The molecule has 0 bridgehead atoms. The number of fused-ring (bicyclic) bond motifs is 1. The first-order valence-corrected chi connectivity index (χ1v) is 4.78. The van der Waals surface area contributed by atoms with Gasteiger partial charge < -0.3 is 14.8 Å². The summed E-state index contributed by atoms with van der Waals surface area (Å²) < 4.78 is 4.85. The van der Waals surface area contributed by atoms with Crippen LogP contribution in [0, 0.1) is 0 Å². The highest BCUT2D eigenvalue weighted by atomic mass is 16.5. The summed E-state index contributed by atoms with van der Waals surface area (Å²) in [6.45, 7) is -0.114. The van der Waals surface area contributed by atoms with Gasteiger partial charge in [-0.3, -0.25) is 9.59 Å². The van der Waals surface area contributed by atoms with Crippen LogP contribution in [0.25, 0.3) is 0 Å². The Morgan fingerprint density at radius 3 is 2.81 bits per heavy atom. The number of methoxy groups -OCH3 is 1. The Labute approximate surface area is 91.7 Å². The van der Waals surface area contributed by atoms with Gasteiger partial charge in [-0.2, -0.15) is 0 Å². The lowest BCUT2D eigenvalue weighted by molar-refractivity contribution is 0.0962. The Morgan fingerprint density at radius 2 is 2.19 bits per heavy atom. The first-order valence-electron chi connectivity index (χ1n) is 4.78. The van der Waals surface area contributed by atoms with Gasteiger partial charge in [0.05, 0.1) is 24.5 Å². The molecular weight excluding hydrogens is 210 g/mol. The van der Waals surface area contributed by atoms with Gasteiger partial charge in [-0.15, -0.1) is 0 Å². The van der Waals surface area contributed by atoms with E-state index in [0.717, 1.165) is 0 Å². The van der Waals surface area contributed by atoms with E-state index in [4.69, 9.17) is 9.84 Å². The van der Waals surface area contributed by atoms with Crippen LogP contribution in [-0.2, 0) is 11.3 Å². The third-order valence-electron chi connectivity index (χ3n) is 2.43. The van der Waals surface area contributed by atoms with E-state index < -0.39 is 0 Å². The fourth-order valence-electron chi connectivity index (χ4n) is 1.70. The predicted molar refractivity (Wildman–Crippen MR) is 55.3 cm³/mol. The van der Waals surface area contributed by atoms with Crippen LogP contribution in [0.3, 0.4) is 0 Å². The number of hydrogen-bond donors (Lipinski definition) is 2. The number of carbonyl (C=O) groups is 2. The Kier molecular flexibility index (Phi) is 2.72. The molecule has 0 saturated heterocycles. The van der Waals surface area contributed by atoms with Crippen LogP contribution in [0.1, 0.15) is 26.5 Å². The predicted octanol–water partition coefficient (Wildman–Crippen LogP) is 0.459. The molecule has 84 valence electrons. The number of ether oxygens (including phenoxy) is 1. The third kappa shape index (κ3) is 1.60. The van der Waals surface area contributed by atoms with Crippen molar-refractivity contribution >= 4 is 11.6 Å². The molecule has 0 amide bonds. The molecule has 1 heterocycles. The van der Waals surface area contributed by atoms with Crippen LogP contribution in [0.2, 0.25) is 0 Å². The lowest BCUT2D eigenvalue weighted by Crippen LogP contribution is -2.18. The van der Waals surface area contributed by atoms with Crippen LogP contribution in [0.4, 0.5) is 0 Å². The zero-order chi connectivity index (χ0) is 11.7. The summed E-state index contributed by atoms with van der Waals surface area (Å²) >= 11 is 0. The molecule has 2 rings (SSSR count). The first kappa shape index (κ1) is 10.8. The van der Waals surface area contributed by atoms with Crippen molar-refractivity contribution in [2.75, 3.05) is 13.7 Å². The number of ketones is 2. The van der Waals surface area contributed by atoms with Crippen molar-refractivity contribution in [2.24, 2.45) is 0 Å². The summed E-state index contributed by atoms with van der Waals surface area (Å²) in [4.78, 5) is 26.2. The second-order valence-corrected chi connectivity index (χ2v) is 3.54. The van der Waals surface area contributed by atoms with Gasteiger partial charge in [0.15, 0.2) is 5.78 Å².